The fourth-order valence-electron chi connectivity index (χ4n) is 2.05. The number of rotatable bonds is 5. The van der Waals surface area contributed by atoms with E-state index in [1.54, 1.807) is 19.1 Å². The highest BCUT2D eigenvalue weighted by atomic mass is 35.5. The van der Waals surface area contributed by atoms with Gasteiger partial charge in [-0.3, -0.25) is 4.79 Å². The first-order chi connectivity index (χ1) is 9.65. The van der Waals surface area contributed by atoms with Gasteiger partial charge in [-0.1, -0.05) is 11.6 Å². The third kappa shape index (κ3) is 3.42. The zero-order chi connectivity index (χ0) is 14.5. The average molecular weight is 301 g/mol. The molecule has 1 heterocycles. The van der Waals surface area contributed by atoms with Crippen molar-refractivity contribution in [1.29, 1.82) is 0 Å². The summed E-state index contributed by atoms with van der Waals surface area (Å²) in [5.41, 5.74) is 1.47. The molecule has 1 aromatic carbocycles. The summed E-state index contributed by atoms with van der Waals surface area (Å²) < 4.78 is 21.1. The molecule has 0 spiro atoms. The molecule has 0 atom stereocenters. The van der Waals surface area contributed by atoms with E-state index in [9.17, 15) is 4.79 Å². The molecule has 0 aromatic heterocycles. The van der Waals surface area contributed by atoms with Crippen molar-refractivity contribution in [2.45, 2.75) is 19.6 Å². The Morgan fingerprint density at radius 2 is 2.10 bits per heavy atom. The van der Waals surface area contributed by atoms with Gasteiger partial charge in [0.1, 0.15) is 5.75 Å². The molecule has 0 unspecified atom stereocenters. The van der Waals surface area contributed by atoms with Gasteiger partial charge in [0.25, 0.3) is 0 Å². The first-order valence-corrected chi connectivity index (χ1v) is 6.78. The summed E-state index contributed by atoms with van der Waals surface area (Å²) in [4.78, 5) is 11.7. The van der Waals surface area contributed by atoms with Crippen molar-refractivity contribution in [3.63, 3.8) is 0 Å². The summed E-state index contributed by atoms with van der Waals surface area (Å²) in [6, 6.07) is 3.44. The van der Waals surface area contributed by atoms with Gasteiger partial charge < -0.3 is 18.9 Å². The Kier molecular flexibility index (Phi) is 5.23. The quantitative estimate of drug-likeness (QED) is 0.782. The lowest BCUT2D eigenvalue weighted by molar-refractivity contribution is -0.142. The van der Waals surface area contributed by atoms with Crippen LogP contribution in [-0.4, -0.2) is 32.9 Å². The molecule has 2 rings (SSSR count). The molecule has 20 heavy (non-hydrogen) atoms. The first-order valence-electron chi connectivity index (χ1n) is 6.40. The Balaban J connectivity index is 2.31. The largest absolute Gasteiger partial charge is 0.495 e. The minimum absolute atomic E-state index is 0.125. The van der Waals surface area contributed by atoms with E-state index >= 15 is 0 Å². The van der Waals surface area contributed by atoms with Gasteiger partial charge in [-0.15, -0.1) is 0 Å². The number of carbonyl (C=O) groups is 1. The molecule has 0 aliphatic carbocycles. The van der Waals surface area contributed by atoms with Gasteiger partial charge in [0, 0.05) is 5.56 Å². The summed E-state index contributed by atoms with van der Waals surface area (Å²) in [6.07, 6.45) is -0.372. The summed E-state index contributed by atoms with van der Waals surface area (Å²) in [7, 11) is 1.53. The predicted molar refractivity (Wildman–Crippen MR) is 73.0 cm³/mol. The van der Waals surface area contributed by atoms with Crippen molar-refractivity contribution in [3.05, 3.63) is 28.3 Å². The minimum Gasteiger partial charge on any atom is -0.495 e. The standard InChI is InChI=1S/C14H17ClO5/c1-3-18-13(16)7-9-6-12(17-2)11(15)8-10(9)14-19-4-5-20-14/h6,8,14H,3-5,7H2,1-2H3. The molecule has 1 aromatic rings. The van der Waals surface area contributed by atoms with Crippen LogP contribution in [0.15, 0.2) is 12.1 Å². The van der Waals surface area contributed by atoms with Crippen LogP contribution < -0.4 is 4.74 Å². The van der Waals surface area contributed by atoms with Gasteiger partial charge in [0.05, 0.1) is 38.4 Å². The van der Waals surface area contributed by atoms with Crippen molar-refractivity contribution >= 4 is 17.6 Å². The number of halogens is 1. The normalized spacial score (nSPS) is 15.3. The van der Waals surface area contributed by atoms with Crippen molar-refractivity contribution in [1.82, 2.24) is 0 Å². The predicted octanol–water partition coefficient (Wildman–Crippen LogP) is 2.50. The number of hydrogen-bond acceptors (Lipinski definition) is 5. The number of carbonyl (C=O) groups excluding carboxylic acids is 1. The van der Waals surface area contributed by atoms with E-state index in [2.05, 4.69) is 0 Å². The van der Waals surface area contributed by atoms with Crippen LogP contribution in [0.25, 0.3) is 0 Å². The van der Waals surface area contributed by atoms with E-state index in [-0.39, 0.29) is 12.4 Å². The van der Waals surface area contributed by atoms with Crippen molar-refractivity contribution in [2.75, 3.05) is 26.9 Å². The molecule has 0 radical (unpaired) electrons. The Labute approximate surface area is 122 Å². The fraction of sp³-hybridized carbons (Fsp3) is 0.500. The van der Waals surface area contributed by atoms with Gasteiger partial charge in [-0.2, -0.15) is 0 Å². The average Bonchev–Trinajstić information content (AvgIpc) is 2.94. The van der Waals surface area contributed by atoms with Crippen molar-refractivity contribution < 1.29 is 23.7 Å². The number of esters is 1. The molecular formula is C14H17ClO5. The zero-order valence-corrected chi connectivity index (χ0v) is 12.2. The van der Waals surface area contributed by atoms with E-state index in [4.69, 9.17) is 30.5 Å². The molecule has 0 amide bonds. The monoisotopic (exact) mass is 300 g/mol. The smallest absolute Gasteiger partial charge is 0.310 e. The van der Waals surface area contributed by atoms with E-state index in [0.29, 0.717) is 30.6 Å². The van der Waals surface area contributed by atoms with Crippen molar-refractivity contribution in [2.24, 2.45) is 0 Å². The zero-order valence-electron chi connectivity index (χ0n) is 11.5. The summed E-state index contributed by atoms with van der Waals surface area (Å²) >= 11 is 6.13. The van der Waals surface area contributed by atoms with Crippen LogP contribution in [0.5, 0.6) is 5.75 Å². The molecule has 6 heteroatoms. The van der Waals surface area contributed by atoms with Crippen LogP contribution >= 0.6 is 11.6 Å². The molecule has 1 saturated heterocycles. The number of hydrogen-bond donors (Lipinski definition) is 0. The number of ether oxygens (including phenoxy) is 4. The van der Waals surface area contributed by atoms with Gasteiger partial charge in [0.15, 0.2) is 6.29 Å². The van der Waals surface area contributed by atoms with Crippen LogP contribution in [0.4, 0.5) is 0 Å². The maximum atomic E-state index is 11.7. The highest BCUT2D eigenvalue weighted by Crippen LogP contribution is 2.34. The second-order valence-electron chi connectivity index (χ2n) is 4.24. The summed E-state index contributed by atoms with van der Waals surface area (Å²) in [5, 5.41) is 0.453. The molecule has 0 bridgehead atoms. The molecule has 0 N–H and O–H groups in total. The number of methoxy groups -OCH3 is 1. The lowest BCUT2D eigenvalue weighted by Gasteiger charge is -2.16. The Hall–Kier alpha value is -1.30. The third-order valence-corrected chi connectivity index (χ3v) is 3.22. The Morgan fingerprint density at radius 1 is 1.40 bits per heavy atom. The second kappa shape index (κ2) is 6.92. The third-order valence-electron chi connectivity index (χ3n) is 2.93. The lowest BCUT2D eigenvalue weighted by atomic mass is 10.0. The molecule has 1 aliphatic rings. The molecule has 110 valence electrons. The lowest BCUT2D eigenvalue weighted by Crippen LogP contribution is -2.12. The Morgan fingerprint density at radius 3 is 2.70 bits per heavy atom. The van der Waals surface area contributed by atoms with E-state index < -0.39 is 6.29 Å². The first kappa shape index (κ1) is 15.1. The van der Waals surface area contributed by atoms with Gasteiger partial charge >= 0.3 is 5.97 Å². The molecule has 0 saturated carbocycles. The maximum absolute atomic E-state index is 11.7. The van der Waals surface area contributed by atoms with Gasteiger partial charge in [-0.05, 0) is 24.6 Å². The number of benzene rings is 1. The summed E-state index contributed by atoms with van der Waals surface area (Å²) in [5.74, 6) is 0.198. The van der Waals surface area contributed by atoms with E-state index in [1.165, 1.54) is 7.11 Å². The van der Waals surface area contributed by atoms with Crippen molar-refractivity contribution in [3.8, 4) is 5.75 Å². The van der Waals surface area contributed by atoms with Crippen LogP contribution in [0.3, 0.4) is 0 Å². The second-order valence-corrected chi connectivity index (χ2v) is 4.65. The molecule has 5 nitrogen and oxygen atoms in total. The SMILES string of the molecule is CCOC(=O)Cc1cc(OC)c(Cl)cc1C1OCCO1. The van der Waals surface area contributed by atoms with Crippen LogP contribution in [0.2, 0.25) is 5.02 Å². The van der Waals surface area contributed by atoms with E-state index in [1.807, 2.05) is 0 Å². The van der Waals surface area contributed by atoms with Crippen LogP contribution in [0.1, 0.15) is 24.3 Å². The highest BCUT2D eigenvalue weighted by molar-refractivity contribution is 6.32. The van der Waals surface area contributed by atoms with Gasteiger partial charge in [0.2, 0.25) is 0 Å². The summed E-state index contributed by atoms with van der Waals surface area (Å²) in [6.45, 7) is 3.15. The Bertz CT molecular complexity index is 483. The molecule has 1 aliphatic heterocycles. The van der Waals surface area contributed by atoms with Crippen LogP contribution in [-0.2, 0) is 25.4 Å². The molecular weight excluding hydrogens is 284 g/mol. The highest BCUT2D eigenvalue weighted by Gasteiger charge is 2.24. The van der Waals surface area contributed by atoms with Gasteiger partial charge in [-0.25, -0.2) is 0 Å². The van der Waals surface area contributed by atoms with E-state index in [0.717, 1.165) is 11.1 Å². The maximum Gasteiger partial charge on any atom is 0.310 e. The van der Waals surface area contributed by atoms with Crippen LogP contribution in [0, 0.1) is 0 Å². The topological polar surface area (TPSA) is 54.0 Å². The minimum atomic E-state index is -0.497. The fourth-order valence-corrected chi connectivity index (χ4v) is 2.29. The molecule has 1 fully saturated rings.